The van der Waals surface area contributed by atoms with E-state index in [4.69, 9.17) is 0 Å². The molecule has 1 N–H and O–H groups in total. The van der Waals surface area contributed by atoms with E-state index in [-0.39, 0.29) is 23.7 Å². The van der Waals surface area contributed by atoms with Crippen molar-refractivity contribution in [1.29, 1.82) is 5.26 Å². The molecular formula is C20H18N2OS. The van der Waals surface area contributed by atoms with Crippen LogP contribution in [0.3, 0.4) is 0 Å². The molecule has 0 aromatic heterocycles. The van der Waals surface area contributed by atoms with Gasteiger partial charge in [0.15, 0.2) is 5.78 Å². The van der Waals surface area contributed by atoms with Gasteiger partial charge in [0.1, 0.15) is 0 Å². The molecular weight excluding hydrogens is 316 g/mol. The zero-order valence-corrected chi connectivity index (χ0v) is 14.1. The summed E-state index contributed by atoms with van der Waals surface area (Å²) in [7, 11) is 0. The lowest BCUT2D eigenvalue weighted by Crippen LogP contribution is -2.31. The number of nitrogens with one attached hydrogen (secondary N) is 1. The van der Waals surface area contributed by atoms with Gasteiger partial charge in [-0.3, -0.25) is 10.1 Å². The van der Waals surface area contributed by atoms with E-state index in [1.807, 2.05) is 30.4 Å². The van der Waals surface area contributed by atoms with Gasteiger partial charge in [0.05, 0.1) is 22.9 Å². The normalized spacial score (nSPS) is 33.8. The number of carbonyl (C=O) groups excluding carboxylic acids is 1. The molecule has 24 heavy (non-hydrogen) atoms. The fourth-order valence-electron chi connectivity index (χ4n) is 3.65. The number of nitrogens with zero attached hydrogens (tertiary/aromatic N) is 1. The number of hydrogen-bond donors (Lipinski definition) is 1. The van der Waals surface area contributed by atoms with E-state index in [2.05, 4.69) is 29.6 Å². The second kappa shape index (κ2) is 6.43. The Balaban J connectivity index is 1.78. The van der Waals surface area contributed by atoms with Crippen LogP contribution in [-0.2, 0) is 4.79 Å². The first kappa shape index (κ1) is 15.4. The van der Waals surface area contributed by atoms with Gasteiger partial charge >= 0.3 is 0 Å². The molecule has 0 bridgehead atoms. The summed E-state index contributed by atoms with van der Waals surface area (Å²) in [4.78, 5) is 15.4. The van der Waals surface area contributed by atoms with E-state index < -0.39 is 0 Å². The van der Waals surface area contributed by atoms with Crippen LogP contribution >= 0.6 is 11.8 Å². The number of rotatable bonds is 0. The molecule has 3 nitrogen and oxygen atoms in total. The highest BCUT2D eigenvalue weighted by Gasteiger charge is 2.38. The molecule has 0 saturated carbocycles. The number of carbonyl (C=O) groups is 1. The van der Waals surface area contributed by atoms with Crippen LogP contribution in [0.4, 0.5) is 0 Å². The second-order valence-electron chi connectivity index (χ2n) is 6.33. The second-order valence-corrected chi connectivity index (χ2v) is 7.41. The van der Waals surface area contributed by atoms with Crippen LogP contribution < -0.4 is 5.32 Å². The van der Waals surface area contributed by atoms with Crippen molar-refractivity contribution < 1.29 is 4.79 Å². The van der Waals surface area contributed by atoms with Crippen molar-refractivity contribution in [3.63, 3.8) is 0 Å². The summed E-state index contributed by atoms with van der Waals surface area (Å²) in [6.45, 7) is 0.610. The van der Waals surface area contributed by atoms with Gasteiger partial charge < -0.3 is 0 Å². The van der Waals surface area contributed by atoms with Gasteiger partial charge in [-0.2, -0.15) is 5.26 Å². The molecule has 2 aliphatic carbocycles. The number of Topliss-reactive ketones (excluding diaryl/α,β-unsaturated/α-hetero) is 1. The van der Waals surface area contributed by atoms with Gasteiger partial charge in [0, 0.05) is 12.5 Å². The highest BCUT2D eigenvalue weighted by atomic mass is 32.2. The molecule has 4 heteroatoms. The average molecular weight is 334 g/mol. The lowest BCUT2D eigenvalue weighted by atomic mass is 9.83. The van der Waals surface area contributed by atoms with Crippen molar-refractivity contribution >= 4 is 17.5 Å². The summed E-state index contributed by atoms with van der Waals surface area (Å²) in [5.74, 6) is 0.240. The Bertz CT molecular complexity index is 804. The quantitative estimate of drug-likeness (QED) is 0.736. The topological polar surface area (TPSA) is 52.9 Å². The highest BCUT2D eigenvalue weighted by molar-refractivity contribution is 8.08. The summed E-state index contributed by atoms with van der Waals surface area (Å²) in [5.41, 5.74) is 2.16. The first-order valence-corrected chi connectivity index (χ1v) is 9.09. The molecule has 2 aliphatic heterocycles. The highest BCUT2D eigenvalue weighted by Crippen LogP contribution is 2.51. The third-order valence-electron chi connectivity index (χ3n) is 4.89. The Hall–Kier alpha value is -2.09. The van der Waals surface area contributed by atoms with Crippen LogP contribution in [0, 0.1) is 23.2 Å². The molecule has 4 rings (SSSR count). The van der Waals surface area contributed by atoms with Gasteiger partial charge in [-0.25, -0.2) is 0 Å². The lowest BCUT2D eigenvalue weighted by molar-refractivity contribution is -0.116. The van der Waals surface area contributed by atoms with Crippen molar-refractivity contribution in [2.24, 2.45) is 11.8 Å². The molecule has 0 radical (unpaired) electrons. The number of fused-ring (bicyclic) bond motifs is 3. The van der Waals surface area contributed by atoms with Crippen molar-refractivity contribution in [3.8, 4) is 6.07 Å². The molecule has 0 saturated heterocycles. The summed E-state index contributed by atoms with van der Waals surface area (Å²) in [6, 6.07) is 2.09. The molecule has 3 atom stereocenters. The first-order valence-electron chi connectivity index (χ1n) is 8.27. The summed E-state index contributed by atoms with van der Waals surface area (Å²) in [6.07, 6.45) is 17.8. The van der Waals surface area contributed by atoms with Crippen molar-refractivity contribution in [1.82, 2.24) is 5.32 Å². The molecule has 0 spiro atoms. The lowest BCUT2D eigenvalue weighted by Gasteiger charge is -2.22. The summed E-state index contributed by atoms with van der Waals surface area (Å²) >= 11 is 1.61. The molecule has 0 fully saturated rings. The van der Waals surface area contributed by atoms with Gasteiger partial charge in [-0.1, -0.05) is 60.4 Å². The number of nitriles is 1. The van der Waals surface area contributed by atoms with Gasteiger partial charge in [0.2, 0.25) is 0 Å². The molecule has 120 valence electrons. The molecule has 2 heterocycles. The minimum atomic E-state index is -0.259. The third kappa shape index (κ3) is 2.64. The van der Waals surface area contributed by atoms with Gasteiger partial charge in [0.25, 0.3) is 0 Å². The monoisotopic (exact) mass is 334 g/mol. The van der Waals surface area contributed by atoms with E-state index in [0.29, 0.717) is 13.0 Å². The molecule has 3 unspecified atom stereocenters. The van der Waals surface area contributed by atoms with E-state index in [1.165, 1.54) is 4.91 Å². The minimum Gasteiger partial charge on any atom is -0.298 e. The van der Waals surface area contributed by atoms with Crippen molar-refractivity contribution in [2.75, 3.05) is 6.54 Å². The van der Waals surface area contributed by atoms with Crippen LogP contribution in [0.25, 0.3) is 0 Å². The largest absolute Gasteiger partial charge is 0.298 e. The van der Waals surface area contributed by atoms with E-state index in [0.717, 1.165) is 22.5 Å². The Morgan fingerprint density at radius 3 is 3.08 bits per heavy atom. The van der Waals surface area contributed by atoms with E-state index in [1.54, 1.807) is 11.8 Å². The maximum atomic E-state index is 13.3. The zero-order valence-electron chi connectivity index (χ0n) is 13.2. The average Bonchev–Trinajstić information content (AvgIpc) is 2.99. The van der Waals surface area contributed by atoms with Crippen molar-refractivity contribution in [3.05, 3.63) is 69.6 Å². The molecule has 0 amide bonds. The summed E-state index contributed by atoms with van der Waals surface area (Å²) < 4.78 is 0. The van der Waals surface area contributed by atoms with Crippen LogP contribution in [0.1, 0.15) is 12.8 Å². The molecule has 4 aliphatic rings. The predicted octanol–water partition coefficient (Wildman–Crippen LogP) is 3.57. The Labute approximate surface area is 146 Å². The standard InChI is InChI=1S/C20H18N2OS/c21-12-14-11-17-16-7-3-4-8-18(16)24-20(17)19(23)15-6-2-1-5-13(15)9-10-22-14/h1-6,8-9,14-16,22H,7,10-11H2/b13-9-. The van der Waals surface area contributed by atoms with E-state index >= 15 is 0 Å². The number of allylic oxidation sites excluding steroid dienone is 10. The van der Waals surface area contributed by atoms with Crippen LogP contribution in [0.5, 0.6) is 0 Å². The maximum absolute atomic E-state index is 13.3. The smallest absolute Gasteiger partial charge is 0.180 e. The Kier molecular flexibility index (Phi) is 4.13. The Morgan fingerprint density at radius 2 is 2.21 bits per heavy atom. The third-order valence-corrected chi connectivity index (χ3v) is 6.22. The minimum absolute atomic E-state index is 0.177. The Morgan fingerprint density at radius 1 is 1.29 bits per heavy atom. The fourth-order valence-corrected chi connectivity index (χ4v) is 5.00. The van der Waals surface area contributed by atoms with E-state index in [9.17, 15) is 10.1 Å². The predicted molar refractivity (Wildman–Crippen MR) is 96.8 cm³/mol. The van der Waals surface area contributed by atoms with Crippen LogP contribution in [0.15, 0.2) is 69.6 Å². The number of thioether (sulfide) groups is 1. The number of ketones is 1. The van der Waals surface area contributed by atoms with Crippen LogP contribution in [0.2, 0.25) is 0 Å². The summed E-state index contributed by atoms with van der Waals surface area (Å²) in [5, 5.41) is 12.8. The maximum Gasteiger partial charge on any atom is 0.180 e. The van der Waals surface area contributed by atoms with Crippen molar-refractivity contribution in [2.45, 2.75) is 18.9 Å². The molecule has 0 aromatic rings. The van der Waals surface area contributed by atoms with Crippen LogP contribution in [-0.4, -0.2) is 18.4 Å². The van der Waals surface area contributed by atoms with Gasteiger partial charge in [-0.15, -0.1) is 0 Å². The fraction of sp³-hybridized carbons (Fsp3) is 0.300. The molecule has 0 aromatic carbocycles. The zero-order chi connectivity index (χ0) is 16.5. The van der Waals surface area contributed by atoms with Gasteiger partial charge in [-0.05, 0) is 28.9 Å². The first-order chi connectivity index (χ1) is 11.8. The SMILES string of the molecule is N#CC1CC2=C(SC3=CC=CCC32)C(=O)C2C=CC=C/C2=C/CN1. The number of hydrogen-bond acceptors (Lipinski definition) is 4.